The lowest BCUT2D eigenvalue weighted by molar-refractivity contribution is -0.137. The van der Waals surface area contributed by atoms with Crippen LogP contribution in [0.3, 0.4) is 0 Å². The van der Waals surface area contributed by atoms with Gasteiger partial charge in [-0.25, -0.2) is 4.98 Å². The third kappa shape index (κ3) is 4.96. The Morgan fingerprint density at radius 2 is 1.83 bits per heavy atom. The Morgan fingerprint density at radius 1 is 1.03 bits per heavy atom. The Bertz CT molecular complexity index is 1390. The molecule has 3 aromatic heterocycles. The number of pyridine rings is 1. The number of halogens is 3. The van der Waals surface area contributed by atoms with Crippen molar-refractivity contribution in [3.05, 3.63) is 82.2 Å². The Kier molecular flexibility index (Phi) is 6.12. The van der Waals surface area contributed by atoms with Crippen LogP contribution in [-0.2, 0) is 12.7 Å². The summed E-state index contributed by atoms with van der Waals surface area (Å²) in [5.41, 5.74) is 0.742. The Hall–Kier alpha value is -3.57. The summed E-state index contributed by atoms with van der Waals surface area (Å²) in [5.74, 6) is 0.486. The highest BCUT2D eigenvalue weighted by molar-refractivity contribution is 5.55. The molecule has 0 bridgehead atoms. The molecule has 0 saturated carbocycles. The summed E-state index contributed by atoms with van der Waals surface area (Å²) < 4.78 is 46.0. The quantitative estimate of drug-likeness (QED) is 0.428. The maximum absolute atomic E-state index is 13.0. The first-order valence-electron chi connectivity index (χ1n) is 11.2. The van der Waals surface area contributed by atoms with Gasteiger partial charge in [-0.1, -0.05) is 23.4 Å². The van der Waals surface area contributed by atoms with E-state index in [1.807, 2.05) is 19.1 Å². The molecule has 11 heteroatoms. The highest BCUT2D eigenvalue weighted by Gasteiger charge is 2.31. The van der Waals surface area contributed by atoms with Gasteiger partial charge in [-0.05, 0) is 31.2 Å². The van der Waals surface area contributed by atoms with E-state index in [9.17, 15) is 18.0 Å². The van der Waals surface area contributed by atoms with Gasteiger partial charge in [0.1, 0.15) is 5.65 Å². The SMILES string of the molecule is C[C@@H](c1nc(-c2cccc(C(F)(F)F)c2)no1)N1CCN(Cc2cc(=O)n3ccccc3n2)CC1. The van der Waals surface area contributed by atoms with Gasteiger partial charge in [0.25, 0.3) is 5.56 Å². The second-order valence-corrected chi connectivity index (χ2v) is 8.54. The number of nitrogens with zero attached hydrogens (tertiary/aromatic N) is 6. The molecule has 1 saturated heterocycles. The summed E-state index contributed by atoms with van der Waals surface area (Å²) in [6, 6.07) is 11.7. The van der Waals surface area contributed by atoms with Gasteiger partial charge >= 0.3 is 6.18 Å². The summed E-state index contributed by atoms with van der Waals surface area (Å²) >= 11 is 0. The third-order valence-corrected chi connectivity index (χ3v) is 6.21. The van der Waals surface area contributed by atoms with Gasteiger partial charge in [0.2, 0.25) is 11.7 Å². The topological polar surface area (TPSA) is 79.8 Å². The lowest BCUT2D eigenvalue weighted by atomic mass is 10.1. The zero-order valence-electron chi connectivity index (χ0n) is 18.9. The van der Waals surface area contributed by atoms with E-state index in [-0.39, 0.29) is 23.0 Å². The first-order valence-corrected chi connectivity index (χ1v) is 11.2. The molecule has 0 spiro atoms. The predicted octanol–water partition coefficient (Wildman–Crippen LogP) is 3.64. The molecule has 8 nitrogen and oxygen atoms in total. The number of aromatic nitrogens is 4. The van der Waals surface area contributed by atoms with Crippen molar-refractivity contribution >= 4 is 5.65 Å². The summed E-state index contributed by atoms with van der Waals surface area (Å²) in [4.78, 5) is 25.7. The van der Waals surface area contributed by atoms with Crippen LogP contribution in [0.5, 0.6) is 0 Å². The predicted molar refractivity (Wildman–Crippen MR) is 121 cm³/mol. The summed E-state index contributed by atoms with van der Waals surface area (Å²) in [5, 5.41) is 3.90. The van der Waals surface area contributed by atoms with Crippen molar-refractivity contribution < 1.29 is 17.7 Å². The van der Waals surface area contributed by atoms with E-state index in [0.717, 1.165) is 44.0 Å². The summed E-state index contributed by atoms with van der Waals surface area (Å²) in [6.45, 7) is 5.49. The maximum Gasteiger partial charge on any atom is 0.416 e. The Morgan fingerprint density at radius 3 is 2.60 bits per heavy atom. The standard InChI is InChI=1S/C24H23F3N6O2/c1-16(23-29-22(30-35-23)17-5-4-6-18(13-17)24(25,26)27)32-11-9-31(10-12-32)15-19-14-21(34)33-8-3-2-7-20(33)28-19/h2-8,13-14,16H,9-12,15H2,1H3/t16-/m0/s1. The fraction of sp³-hybridized carbons (Fsp3) is 0.333. The zero-order valence-corrected chi connectivity index (χ0v) is 18.9. The summed E-state index contributed by atoms with van der Waals surface area (Å²) in [7, 11) is 0. The van der Waals surface area contributed by atoms with Crippen molar-refractivity contribution in [3.63, 3.8) is 0 Å². The van der Waals surface area contributed by atoms with Gasteiger partial charge in [0, 0.05) is 50.6 Å². The fourth-order valence-electron chi connectivity index (χ4n) is 4.23. The first-order chi connectivity index (χ1) is 16.8. The van der Waals surface area contributed by atoms with Gasteiger partial charge in [0.05, 0.1) is 17.3 Å². The molecule has 0 aliphatic carbocycles. The average molecular weight is 484 g/mol. The number of piperazine rings is 1. The molecule has 5 rings (SSSR count). The minimum atomic E-state index is -4.44. The second-order valence-electron chi connectivity index (χ2n) is 8.54. The minimum absolute atomic E-state index is 0.106. The zero-order chi connectivity index (χ0) is 24.6. The van der Waals surface area contributed by atoms with E-state index in [4.69, 9.17) is 4.52 Å². The molecular formula is C24H23F3N6O2. The molecule has 1 aliphatic rings. The van der Waals surface area contributed by atoms with Crippen LogP contribution >= 0.6 is 0 Å². The van der Waals surface area contributed by atoms with Crippen LogP contribution in [-0.4, -0.2) is 55.5 Å². The molecular weight excluding hydrogens is 461 g/mol. The van der Waals surface area contributed by atoms with Crippen LogP contribution < -0.4 is 5.56 Å². The fourth-order valence-corrected chi connectivity index (χ4v) is 4.23. The monoisotopic (exact) mass is 484 g/mol. The largest absolute Gasteiger partial charge is 0.416 e. The average Bonchev–Trinajstić information content (AvgIpc) is 3.34. The molecule has 0 amide bonds. The number of alkyl halides is 3. The van der Waals surface area contributed by atoms with Crippen LogP contribution in [0, 0.1) is 0 Å². The van der Waals surface area contributed by atoms with E-state index in [0.29, 0.717) is 18.1 Å². The van der Waals surface area contributed by atoms with Crippen LogP contribution in [0.25, 0.3) is 17.0 Å². The van der Waals surface area contributed by atoms with Crippen molar-refractivity contribution in [1.29, 1.82) is 0 Å². The molecule has 4 heterocycles. The normalized spacial score (nSPS) is 16.6. The molecule has 1 fully saturated rings. The Balaban J connectivity index is 1.22. The lowest BCUT2D eigenvalue weighted by Crippen LogP contribution is -2.46. The van der Waals surface area contributed by atoms with Crippen LogP contribution in [0.4, 0.5) is 13.2 Å². The highest BCUT2D eigenvalue weighted by Crippen LogP contribution is 2.32. The number of hydrogen-bond acceptors (Lipinski definition) is 7. The number of rotatable bonds is 5. The van der Waals surface area contributed by atoms with Gasteiger partial charge in [-0.2, -0.15) is 18.2 Å². The minimum Gasteiger partial charge on any atom is -0.337 e. The van der Waals surface area contributed by atoms with Crippen LogP contribution in [0.2, 0.25) is 0 Å². The van der Waals surface area contributed by atoms with Gasteiger partial charge in [0.15, 0.2) is 0 Å². The first kappa shape index (κ1) is 23.2. The van der Waals surface area contributed by atoms with Crippen LogP contribution in [0.15, 0.2) is 64.0 Å². The third-order valence-electron chi connectivity index (χ3n) is 6.21. The van der Waals surface area contributed by atoms with E-state index < -0.39 is 11.7 Å². The molecule has 0 radical (unpaired) electrons. The molecule has 0 N–H and O–H groups in total. The van der Waals surface area contributed by atoms with Crippen molar-refractivity contribution in [3.8, 4) is 11.4 Å². The second kappa shape index (κ2) is 9.23. The lowest BCUT2D eigenvalue weighted by Gasteiger charge is -2.36. The van der Waals surface area contributed by atoms with E-state index >= 15 is 0 Å². The number of benzene rings is 1. The maximum atomic E-state index is 13.0. The number of hydrogen-bond donors (Lipinski definition) is 0. The van der Waals surface area contributed by atoms with E-state index in [2.05, 4.69) is 24.9 Å². The van der Waals surface area contributed by atoms with Crippen molar-refractivity contribution in [2.75, 3.05) is 26.2 Å². The summed E-state index contributed by atoms with van der Waals surface area (Å²) in [6.07, 6.45) is -2.74. The Labute approximate surface area is 198 Å². The smallest absolute Gasteiger partial charge is 0.337 e. The van der Waals surface area contributed by atoms with Crippen molar-refractivity contribution in [2.45, 2.75) is 25.7 Å². The molecule has 4 aromatic rings. The molecule has 1 aliphatic heterocycles. The van der Waals surface area contributed by atoms with E-state index in [1.54, 1.807) is 18.3 Å². The number of fused-ring (bicyclic) bond motifs is 1. The molecule has 1 atom stereocenters. The molecule has 1 aromatic carbocycles. The molecule has 0 unspecified atom stereocenters. The van der Waals surface area contributed by atoms with Crippen molar-refractivity contribution in [2.24, 2.45) is 0 Å². The van der Waals surface area contributed by atoms with Crippen molar-refractivity contribution in [1.82, 2.24) is 29.3 Å². The van der Waals surface area contributed by atoms with Gasteiger partial charge in [-0.15, -0.1) is 0 Å². The van der Waals surface area contributed by atoms with Crippen LogP contribution in [0.1, 0.15) is 30.1 Å². The molecule has 35 heavy (non-hydrogen) atoms. The van der Waals surface area contributed by atoms with Gasteiger partial charge in [-0.3, -0.25) is 19.0 Å². The molecule has 182 valence electrons. The van der Waals surface area contributed by atoms with Gasteiger partial charge < -0.3 is 4.52 Å². The van der Waals surface area contributed by atoms with E-state index in [1.165, 1.54) is 16.5 Å². The highest BCUT2D eigenvalue weighted by atomic mass is 19.4.